The highest BCUT2D eigenvalue weighted by molar-refractivity contribution is 5.84. The number of benzene rings is 1. The van der Waals surface area contributed by atoms with E-state index in [1.807, 2.05) is 6.20 Å². The first kappa shape index (κ1) is 18.0. The van der Waals surface area contributed by atoms with Crippen LogP contribution in [0.3, 0.4) is 0 Å². The number of nitrogens with one attached hydrogen (secondary N) is 1. The topological polar surface area (TPSA) is 76.6 Å². The fourth-order valence-electron chi connectivity index (χ4n) is 4.58. The maximum Gasteiger partial charge on any atom is 0.326 e. The van der Waals surface area contributed by atoms with Crippen molar-refractivity contribution < 1.29 is 14.7 Å². The Morgan fingerprint density at radius 2 is 2.04 bits per heavy atom. The first-order valence-electron chi connectivity index (χ1n) is 9.76. The molecule has 6 heteroatoms. The summed E-state index contributed by atoms with van der Waals surface area (Å²) in [6, 6.07) is 7.92. The Balaban J connectivity index is 1.39. The van der Waals surface area contributed by atoms with Crippen LogP contribution < -0.4 is 0 Å². The summed E-state index contributed by atoms with van der Waals surface area (Å²) in [7, 11) is 0. The van der Waals surface area contributed by atoms with Crippen molar-refractivity contribution in [3.8, 4) is 0 Å². The van der Waals surface area contributed by atoms with Crippen LogP contribution >= 0.6 is 0 Å². The summed E-state index contributed by atoms with van der Waals surface area (Å²) in [4.78, 5) is 30.8. The molecule has 0 radical (unpaired) electrons. The Morgan fingerprint density at radius 3 is 2.78 bits per heavy atom. The number of carboxylic acid groups (broad SMARTS) is 1. The molecule has 3 heterocycles. The number of aromatic amines is 1. The fraction of sp³-hybridized carbons (Fsp3) is 0.524. The summed E-state index contributed by atoms with van der Waals surface area (Å²) >= 11 is 0. The summed E-state index contributed by atoms with van der Waals surface area (Å²) < 4.78 is 0. The molecule has 0 saturated carbocycles. The SMILES string of the molecule is CC(C(=O)O)N1CC2(CCC1=O)CCN(Cc1ccc3[nH]ccc3c1)CC2. The maximum absolute atomic E-state index is 12.2. The van der Waals surface area contributed by atoms with Crippen LogP contribution in [-0.2, 0) is 16.1 Å². The van der Waals surface area contributed by atoms with Crippen molar-refractivity contribution in [2.75, 3.05) is 19.6 Å². The minimum Gasteiger partial charge on any atom is -0.480 e. The largest absolute Gasteiger partial charge is 0.480 e. The number of hydrogen-bond donors (Lipinski definition) is 2. The average Bonchev–Trinajstić information content (AvgIpc) is 3.13. The Bertz CT molecular complexity index is 851. The Labute approximate surface area is 159 Å². The molecule has 0 aliphatic carbocycles. The van der Waals surface area contributed by atoms with Crippen molar-refractivity contribution in [3.63, 3.8) is 0 Å². The predicted octanol–water partition coefficient (Wildman–Crippen LogP) is 2.85. The summed E-state index contributed by atoms with van der Waals surface area (Å²) in [5, 5.41) is 10.5. The van der Waals surface area contributed by atoms with E-state index in [0.29, 0.717) is 13.0 Å². The number of carbonyl (C=O) groups is 2. The second-order valence-corrected chi connectivity index (χ2v) is 8.21. The Hall–Kier alpha value is -2.34. The number of H-pyrrole nitrogens is 1. The lowest BCUT2D eigenvalue weighted by molar-refractivity contribution is -0.155. The molecular weight excluding hydrogens is 342 g/mol. The van der Waals surface area contributed by atoms with E-state index in [9.17, 15) is 14.7 Å². The number of carboxylic acids is 1. The molecule has 1 amide bonds. The highest BCUT2D eigenvalue weighted by atomic mass is 16.4. The zero-order valence-electron chi connectivity index (χ0n) is 15.8. The molecule has 4 rings (SSSR count). The Kier molecular flexibility index (Phi) is 4.68. The van der Waals surface area contributed by atoms with Crippen LogP contribution in [0.5, 0.6) is 0 Å². The van der Waals surface area contributed by atoms with Gasteiger partial charge in [-0.15, -0.1) is 0 Å². The summed E-state index contributed by atoms with van der Waals surface area (Å²) in [5.74, 6) is -0.934. The average molecular weight is 369 g/mol. The molecular formula is C21H27N3O3. The van der Waals surface area contributed by atoms with Crippen LogP contribution in [0, 0.1) is 5.41 Å². The number of fused-ring (bicyclic) bond motifs is 1. The highest BCUT2D eigenvalue weighted by Crippen LogP contribution is 2.41. The molecule has 2 fully saturated rings. The van der Waals surface area contributed by atoms with Gasteiger partial charge in [-0.1, -0.05) is 6.07 Å². The van der Waals surface area contributed by atoms with Gasteiger partial charge in [0.2, 0.25) is 5.91 Å². The molecule has 1 spiro atoms. The third-order valence-electron chi connectivity index (χ3n) is 6.46. The number of likely N-dealkylation sites (tertiary alicyclic amines) is 2. The zero-order chi connectivity index (χ0) is 19.0. The number of amides is 1. The lowest BCUT2D eigenvalue weighted by Crippen LogP contribution is -2.55. The van der Waals surface area contributed by atoms with E-state index in [2.05, 4.69) is 34.1 Å². The normalized spacial score (nSPS) is 21.7. The molecule has 1 aromatic carbocycles. The Morgan fingerprint density at radius 1 is 1.26 bits per heavy atom. The van der Waals surface area contributed by atoms with Crippen molar-refractivity contribution in [3.05, 3.63) is 36.0 Å². The van der Waals surface area contributed by atoms with E-state index in [0.717, 1.165) is 44.4 Å². The molecule has 2 aliphatic heterocycles. The smallest absolute Gasteiger partial charge is 0.326 e. The monoisotopic (exact) mass is 369 g/mol. The first-order valence-corrected chi connectivity index (χ1v) is 9.76. The van der Waals surface area contributed by atoms with E-state index >= 15 is 0 Å². The third kappa shape index (κ3) is 3.58. The highest BCUT2D eigenvalue weighted by Gasteiger charge is 2.43. The summed E-state index contributed by atoms with van der Waals surface area (Å²) in [5.41, 5.74) is 2.56. The fourth-order valence-corrected chi connectivity index (χ4v) is 4.58. The van der Waals surface area contributed by atoms with Gasteiger partial charge in [0.25, 0.3) is 0 Å². The lowest BCUT2D eigenvalue weighted by Gasteiger charge is -2.48. The summed E-state index contributed by atoms with van der Waals surface area (Å²) in [6.07, 6.45) is 5.37. The van der Waals surface area contributed by atoms with Crippen LogP contribution in [0.15, 0.2) is 30.5 Å². The number of aliphatic carboxylic acids is 1. The maximum atomic E-state index is 12.2. The van der Waals surface area contributed by atoms with Gasteiger partial charge in [0, 0.05) is 31.2 Å². The van der Waals surface area contributed by atoms with Gasteiger partial charge in [-0.05, 0) is 73.8 Å². The van der Waals surface area contributed by atoms with Crippen molar-refractivity contribution in [2.45, 2.75) is 45.2 Å². The van der Waals surface area contributed by atoms with Gasteiger partial charge in [0.15, 0.2) is 0 Å². The van der Waals surface area contributed by atoms with Gasteiger partial charge in [-0.2, -0.15) is 0 Å². The van der Waals surface area contributed by atoms with E-state index in [1.165, 1.54) is 10.9 Å². The van der Waals surface area contributed by atoms with Gasteiger partial charge in [0.05, 0.1) is 0 Å². The van der Waals surface area contributed by atoms with Gasteiger partial charge >= 0.3 is 5.97 Å². The minimum atomic E-state index is -0.919. The zero-order valence-corrected chi connectivity index (χ0v) is 15.8. The van der Waals surface area contributed by atoms with Gasteiger partial charge in [0.1, 0.15) is 6.04 Å². The number of aromatic nitrogens is 1. The van der Waals surface area contributed by atoms with Crippen molar-refractivity contribution in [1.82, 2.24) is 14.8 Å². The minimum absolute atomic E-state index is 0.0160. The van der Waals surface area contributed by atoms with Gasteiger partial charge in [-0.25, -0.2) is 4.79 Å². The quantitative estimate of drug-likeness (QED) is 0.869. The standard InChI is InChI=1S/C21H27N3O3/c1-15(20(26)27)24-14-21(6-4-19(24)25)7-10-23(11-8-21)13-16-2-3-18-17(12-16)5-9-22-18/h2-3,5,9,12,15,22H,4,6-8,10-11,13-14H2,1H3,(H,26,27). The van der Waals surface area contributed by atoms with Crippen LogP contribution in [0.2, 0.25) is 0 Å². The van der Waals surface area contributed by atoms with E-state index in [-0.39, 0.29) is 11.3 Å². The van der Waals surface area contributed by atoms with E-state index in [1.54, 1.807) is 11.8 Å². The van der Waals surface area contributed by atoms with Crippen LogP contribution in [0.4, 0.5) is 0 Å². The third-order valence-corrected chi connectivity index (χ3v) is 6.46. The first-order chi connectivity index (χ1) is 13.0. The molecule has 1 unspecified atom stereocenters. The number of hydrogen-bond acceptors (Lipinski definition) is 3. The van der Waals surface area contributed by atoms with Gasteiger partial charge in [-0.3, -0.25) is 9.69 Å². The molecule has 1 aromatic heterocycles. The number of rotatable bonds is 4. The van der Waals surface area contributed by atoms with Crippen LogP contribution in [-0.4, -0.2) is 57.4 Å². The van der Waals surface area contributed by atoms with Crippen LogP contribution in [0.1, 0.15) is 38.2 Å². The summed E-state index contributed by atoms with van der Waals surface area (Å²) in [6.45, 7) is 5.13. The van der Waals surface area contributed by atoms with E-state index < -0.39 is 12.0 Å². The molecule has 27 heavy (non-hydrogen) atoms. The lowest BCUT2D eigenvalue weighted by atomic mass is 9.72. The number of piperidine rings is 2. The van der Waals surface area contributed by atoms with Crippen molar-refractivity contribution in [2.24, 2.45) is 5.41 Å². The molecule has 2 N–H and O–H groups in total. The number of carbonyl (C=O) groups excluding carboxylic acids is 1. The molecule has 2 aromatic rings. The predicted molar refractivity (Wildman–Crippen MR) is 103 cm³/mol. The molecule has 2 saturated heterocycles. The van der Waals surface area contributed by atoms with E-state index in [4.69, 9.17) is 0 Å². The molecule has 6 nitrogen and oxygen atoms in total. The second-order valence-electron chi connectivity index (χ2n) is 8.21. The number of nitrogens with zero attached hydrogens (tertiary/aromatic N) is 2. The second kappa shape index (κ2) is 7.00. The molecule has 144 valence electrons. The van der Waals surface area contributed by atoms with Crippen LogP contribution in [0.25, 0.3) is 10.9 Å². The van der Waals surface area contributed by atoms with Crippen molar-refractivity contribution >= 4 is 22.8 Å². The van der Waals surface area contributed by atoms with Crippen molar-refractivity contribution in [1.29, 1.82) is 0 Å². The molecule has 1 atom stereocenters. The molecule has 2 aliphatic rings. The molecule has 0 bridgehead atoms. The van der Waals surface area contributed by atoms with Gasteiger partial charge < -0.3 is 15.0 Å².